The number of hydrogen-bond donors (Lipinski definition) is 0. The number of benzene rings is 1. The number of hydrogen-bond acceptors (Lipinski definition) is 3. The Morgan fingerprint density at radius 2 is 1.94 bits per heavy atom. The van der Waals surface area contributed by atoms with Gasteiger partial charge in [-0.05, 0) is 30.7 Å². The third kappa shape index (κ3) is 1.99. The van der Waals surface area contributed by atoms with Gasteiger partial charge in [0.15, 0.2) is 5.78 Å². The van der Waals surface area contributed by atoms with Gasteiger partial charge in [-0.3, -0.25) is 9.78 Å². The Labute approximate surface area is 105 Å². The van der Waals surface area contributed by atoms with Crippen molar-refractivity contribution < 1.29 is 9.53 Å². The predicted molar refractivity (Wildman–Crippen MR) is 67.6 cm³/mol. The van der Waals surface area contributed by atoms with Gasteiger partial charge in [-0.15, -0.1) is 0 Å². The highest BCUT2D eigenvalue weighted by atomic mass is 16.5. The molecule has 0 amide bonds. The first-order valence-electron chi connectivity index (χ1n) is 6.04. The molecule has 3 nitrogen and oxygen atoms in total. The van der Waals surface area contributed by atoms with Crippen molar-refractivity contribution in [1.29, 1.82) is 0 Å². The lowest BCUT2D eigenvalue weighted by molar-refractivity contribution is 0.0915. The Kier molecular flexibility index (Phi) is 2.81. The zero-order valence-corrected chi connectivity index (χ0v) is 9.87. The quantitative estimate of drug-likeness (QED) is 0.808. The second-order valence-electron chi connectivity index (χ2n) is 4.32. The molecule has 3 rings (SSSR count). The Morgan fingerprint density at radius 3 is 2.78 bits per heavy atom. The van der Waals surface area contributed by atoms with E-state index in [1.807, 2.05) is 36.4 Å². The summed E-state index contributed by atoms with van der Waals surface area (Å²) >= 11 is 0. The van der Waals surface area contributed by atoms with Gasteiger partial charge in [0.1, 0.15) is 11.9 Å². The van der Waals surface area contributed by atoms with Crippen LogP contribution in [-0.2, 0) is 0 Å². The Bertz CT molecular complexity index is 566. The zero-order valence-electron chi connectivity index (χ0n) is 9.87. The molecule has 1 aliphatic carbocycles. The van der Waals surface area contributed by atoms with Gasteiger partial charge in [-0.25, -0.2) is 0 Å². The van der Waals surface area contributed by atoms with Crippen LogP contribution in [0.1, 0.15) is 35.0 Å². The summed E-state index contributed by atoms with van der Waals surface area (Å²) in [5, 5.41) is 0. The van der Waals surface area contributed by atoms with Gasteiger partial charge < -0.3 is 4.74 Å². The molecule has 2 aromatic rings. The van der Waals surface area contributed by atoms with E-state index in [2.05, 4.69) is 4.98 Å². The summed E-state index contributed by atoms with van der Waals surface area (Å²) in [4.78, 5) is 16.1. The van der Waals surface area contributed by atoms with Crippen LogP contribution in [0.5, 0.6) is 5.75 Å². The minimum atomic E-state index is -0.124. The van der Waals surface area contributed by atoms with E-state index in [9.17, 15) is 4.79 Å². The van der Waals surface area contributed by atoms with Crippen LogP contribution in [0.3, 0.4) is 0 Å². The number of carbonyl (C=O) groups is 1. The highest BCUT2D eigenvalue weighted by Gasteiger charge is 2.27. The SMILES string of the molecule is O=C1CCC(Oc2ccccc2)c2ncccc21. The molecule has 18 heavy (non-hydrogen) atoms. The number of ether oxygens (including phenoxy) is 1. The summed E-state index contributed by atoms with van der Waals surface area (Å²) in [5.41, 5.74) is 1.46. The number of carbonyl (C=O) groups excluding carboxylic acids is 1. The first-order chi connectivity index (χ1) is 8.84. The molecule has 0 aliphatic heterocycles. The van der Waals surface area contributed by atoms with Crippen LogP contribution in [0.4, 0.5) is 0 Å². The van der Waals surface area contributed by atoms with Crippen LogP contribution in [0, 0.1) is 0 Å². The number of pyridine rings is 1. The lowest BCUT2D eigenvalue weighted by Crippen LogP contribution is -2.21. The fourth-order valence-electron chi connectivity index (χ4n) is 2.22. The zero-order chi connectivity index (χ0) is 12.4. The normalized spacial score (nSPS) is 18.2. The number of aromatic nitrogens is 1. The first kappa shape index (κ1) is 11.0. The standard InChI is InChI=1S/C15H13NO2/c17-13-8-9-14(15-12(13)7-4-10-16-15)18-11-5-2-1-3-6-11/h1-7,10,14H,8-9H2. The molecule has 1 aromatic heterocycles. The molecule has 0 bridgehead atoms. The maximum atomic E-state index is 11.8. The highest BCUT2D eigenvalue weighted by Crippen LogP contribution is 2.31. The number of Topliss-reactive ketones (excluding diaryl/α,β-unsaturated/α-hetero) is 1. The molecule has 0 fully saturated rings. The number of nitrogens with zero attached hydrogens (tertiary/aromatic N) is 1. The number of para-hydroxylation sites is 1. The summed E-state index contributed by atoms with van der Waals surface area (Å²) < 4.78 is 5.92. The molecular weight excluding hydrogens is 226 g/mol. The van der Waals surface area contributed by atoms with Gasteiger partial charge in [0.2, 0.25) is 0 Å². The highest BCUT2D eigenvalue weighted by molar-refractivity contribution is 5.98. The monoisotopic (exact) mass is 239 g/mol. The van der Waals surface area contributed by atoms with Crippen molar-refractivity contribution in [3.05, 3.63) is 59.9 Å². The molecule has 1 aromatic carbocycles. The second kappa shape index (κ2) is 4.61. The van der Waals surface area contributed by atoms with Gasteiger partial charge >= 0.3 is 0 Å². The fourth-order valence-corrected chi connectivity index (χ4v) is 2.22. The van der Waals surface area contributed by atoms with E-state index in [1.165, 1.54) is 0 Å². The summed E-state index contributed by atoms with van der Waals surface area (Å²) in [5.74, 6) is 0.972. The third-order valence-corrected chi connectivity index (χ3v) is 3.10. The number of fused-ring (bicyclic) bond motifs is 1. The van der Waals surface area contributed by atoms with E-state index in [1.54, 1.807) is 12.3 Å². The number of rotatable bonds is 2. The largest absolute Gasteiger partial charge is 0.484 e. The Balaban J connectivity index is 1.91. The van der Waals surface area contributed by atoms with Gasteiger partial charge in [0.25, 0.3) is 0 Å². The van der Waals surface area contributed by atoms with Crippen LogP contribution < -0.4 is 4.74 Å². The van der Waals surface area contributed by atoms with Gasteiger partial charge in [-0.1, -0.05) is 18.2 Å². The summed E-state index contributed by atoms with van der Waals surface area (Å²) in [7, 11) is 0. The van der Waals surface area contributed by atoms with Gasteiger partial charge in [0.05, 0.1) is 5.69 Å². The van der Waals surface area contributed by atoms with Crippen LogP contribution in [0.2, 0.25) is 0 Å². The van der Waals surface area contributed by atoms with E-state index < -0.39 is 0 Å². The van der Waals surface area contributed by atoms with Crippen molar-refractivity contribution in [2.75, 3.05) is 0 Å². The van der Waals surface area contributed by atoms with Crippen molar-refractivity contribution >= 4 is 5.78 Å². The van der Waals surface area contributed by atoms with Crippen LogP contribution in [0.25, 0.3) is 0 Å². The van der Waals surface area contributed by atoms with Crippen molar-refractivity contribution in [2.45, 2.75) is 18.9 Å². The molecule has 1 atom stereocenters. The summed E-state index contributed by atoms with van der Waals surface area (Å²) in [6, 6.07) is 13.3. The summed E-state index contributed by atoms with van der Waals surface area (Å²) in [6.07, 6.45) is 2.80. The van der Waals surface area contributed by atoms with E-state index in [-0.39, 0.29) is 11.9 Å². The van der Waals surface area contributed by atoms with Gasteiger partial charge in [-0.2, -0.15) is 0 Å². The average molecular weight is 239 g/mol. The van der Waals surface area contributed by atoms with Crippen molar-refractivity contribution in [3.8, 4) is 5.75 Å². The second-order valence-corrected chi connectivity index (χ2v) is 4.32. The van der Waals surface area contributed by atoms with Gasteiger partial charge in [0, 0.05) is 18.2 Å². The van der Waals surface area contributed by atoms with Crippen molar-refractivity contribution in [3.63, 3.8) is 0 Å². The van der Waals surface area contributed by atoms with Crippen molar-refractivity contribution in [2.24, 2.45) is 0 Å². The summed E-state index contributed by atoms with van der Waals surface area (Å²) in [6.45, 7) is 0. The minimum absolute atomic E-state index is 0.124. The smallest absolute Gasteiger partial charge is 0.165 e. The van der Waals surface area contributed by atoms with E-state index in [4.69, 9.17) is 4.74 Å². The molecule has 3 heteroatoms. The maximum absolute atomic E-state index is 11.8. The Morgan fingerprint density at radius 1 is 1.11 bits per heavy atom. The molecular formula is C15H13NO2. The molecule has 0 radical (unpaired) electrons. The molecule has 1 unspecified atom stereocenters. The molecule has 90 valence electrons. The van der Waals surface area contributed by atoms with Crippen molar-refractivity contribution in [1.82, 2.24) is 4.98 Å². The van der Waals surface area contributed by atoms with Crippen LogP contribution in [-0.4, -0.2) is 10.8 Å². The van der Waals surface area contributed by atoms with E-state index in [0.29, 0.717) is 18.4 Å². The lowest BCUT2D eigenvalue weighted by atomic mass is 9.92. The molecule has 0 N–H and O–H groups in total. The molecule has 0 saturated heterocycles. The molecule has 1 heterocycles. The van der Waals surface area contributed by atoms with E-state index >= 15 is 0 Å². The predicted octanol–water partition coefficient (Wildman–Crippen LogP) is 3.18. The van der Waals surface area contributed by atoms with Crippen LogP contribution >= 0.6 is 0 Å². The maximum Gasteiger partial charge on any atom is 0.165 e. The minimum Gasteiger partial charge on any atom is -0.484 e. The average Bonchev–Trinajstić information content (AvgIpc) is 2.44. The third-order valence-electron chi connectivity index (χ3n) is 3.10. The Hall–Kier alpha value is -2.16. The number of ketones is 1. The lowest BCUT2D eigenvalue weighted by Gasteiger charge is -2.24. The topological polar surface area (TPSA) is 39.2 Å². The molecule has 0 saturated carbocycles. The fraction of sp³-hybridized carbons (Fsp3) is 0.200. The van der Waals surface area contributed by atoms with E-state index in [0.717, 1.165) is 11.4 Å². The first-order valence-corrected chi connectivity index (χ1v) is 6.04. The molecule has 1 aliphatic rings. The molecule has 0 spiro atoms. The van der Waals surface area contributed by atoms with Crippen LogP contribution in [0.15, 0.2) is 48.7 Å².